The molecule has 2 rings (SSSR count). The largest absolute Gasteiger partial charge is 0.311 e. The third kappa shape index (κ3) is 3.67. The van der Waals surface area contributed by atoms with Crippen molar-refractivity contribution in [2.24, 2.45) is 5.41 Å². The van der Waals surface area contributed by atoms with Crippen molar-refractivity contribution in [2.45, 2.75) is 39.8 Å². The van der Waals surface area contributed by atoms with Crippen LogP contribution in [0.3, 0.4) is 0 Å². The summed E-state index contributed by atoms with van der Waals surface area (Å²) in [5, 5.41) is 5.08. The molecule has 1 aromatic carbocycles. The van der Waals surface area contributed by atoms with Crippen molar-refractivity contribution in [2.75, 3.05) is 19.6 Å². The normalized spacial score (nSPS) is 22.8. The number of benzene rings is 1. The van der Waals surface area contributed by atoms with E-state index in [9.17, 15) is 0 Å². The van der Waals surface area contributed by atoms with E-state index in [1.807, 2.05) is 18.2 Å². The molecule has 2 atom stereocenters. The summed E-state index contributed by atoms with van der Waals surface area (Å²) in [4.78, 5) is 2.50. The van der Waals surface area contributed by atoms with Crippen LogP contribution in [-0.2, 0) is 0 Å². The molecule has 0 aliphatic carbocycles. The molecule has 20 heavy (non-hydrogen) atoms. The minimum Gasteiger partial charge on any atom is -0.311 e. The van der Waals surface area contributed by atoms with Crippen molar-refractivity contribution in [3.05, 3.63) is 33.8 Å². The predicted molar refractivity (Wildman–Crippen MR) is 87.7 cm³/mol. The number of hydrogen-bond acceptors (Lipinski definition) is 2. The monoisotopic (exact) mass is 314 g/mol. The van der Waals surface area contributed by atoms with Crippen molar-refractivity contribution in [3.63, 3.8) is 0 Å². The summed E-state index contributed by atoms with van der Waals surface area (Å²) >= 11 is 12.3. The highest BCUT2D eigenvalue weighted by Crippen LogP contribution is 2.32. The van der Waals surface area contributed by atoms with Crippen LogP contribution in [0.25, 0.3) is 0 Å². The van der Waals surface area contributed by atoms with Crippen LogP contribution in [0.4, 0.5) is 0 Å². The van der Waals surface area contributed by atoms with E-state index >= 15 is 0 Å². The molecule has 1 fully saturated rings. The predicted octanol–water partition coefficient (Wildman–Crippen LogP) is 4.37. The molecule has 1 aliphatic rings. The van der Waals surface area contributed by atoms with Crippen molar-refractivity contribution in [1.82, 2.24) is 10.2 Å². The van der Waals surface area contributed by atoms with E-state index in [0.29, 0.717) is 17.1 Å². The molecule has 1 saturated heterocycles. The molecule has 0 aromatic heterocycles. The third-order valence-electron chi connectivity index (χ3n) is 4.21. The standard InChI is InChI=1S/C16H24Cl2N2/c1-11(13-6-5-12(17)9-14(13)18)20-8-7-19-15(10-20)16(2,3)4/h5-6,9,11,15,19H,7-8,10H2,1-4H3. The van der Waals surface area contributed by atoms with Gasteiger partial charge >= 0.3 is 0 Å². The molecule has 1 N–H and O–H groups in total. The van der Waals surface area contributed by atoms with Gasteiger partial charge in [-0.25, -0.2) is 0 Å². The molecule has 1 aromatic rings. The summed E-state index contributed by atoms with van der Waals surface area (Å²) < 4.78 is 0. The first-order valence-electron chi connectivity index (χ1n) is 7.21. The zero-order valence-corrected chi connectivity index (χ0v) is 14.2. The molecule has 0 bridgehead atoms. The topological polar surface area (TPSA) is 15.3 Å². The summed E-state index contributed by atoms with van der Waals surface area (Å²) in [6.07, 6.45) is 0. The zero-order chi connectivity index (χ0) is 14.9. The lowest BCUT2D eigenvalue weighted by Crippen LogP contribution is -2.56. The molecule has 1 aliphatic heterocycles. The highest BCUT2D eigenvalue weighted by molar-refractivity contribution is 6.35. The fourth-order valence-corrected chi connectivity index (χ4v) is 3.31. The van der Waals surface area contributed by atoms with E-state index in [-0.39, 0.29) is 5.41 Å². The Hall–Kier alpha value is -0.280. The molecule has 2 nitrogen and oxygen atoms in total. The van der Waals surface area contributed by atoms with Gasteiger partial charge in [-0.2, -0.15) is 0 Å². The van der Waals surface area contributed by atoms with Crippen LogP contribution < -0.4 is 5.32 Å². The lowest BCUT2D eigenvalue weighted by molar-refractivity contribution is 0.104. The molecule has 4 heteroatoms. The Morgan fingerprint density at radius 1 is 1.30 bits per heavy atom. The summed E-state index contributed by atoms with van der Waals surface area (Å²) in [5.74, 6) is 0. The first-order chi connectivity index (χ1) is 9.29. The van der Waals surface area contributed by atoms with Gasteiger partial charge in [0.15, 0.2) is 0 Å². The van der Waals surface area contributed by atoms with Gasteiger partial charge in [-0.1, -0.05) is 50.0 Å². The van der Waals surface area contributed by atoms with Crippen LogP contribution in [0.1, 0.15) is 39.3 Å². The van der Waals surface area contributed by atoms with Crippen LogP contribution in [-0.4, -0.2) is 30.6 Å². The Kier molecular flexibility index (Phi) is 5.01. The van der Waals surface area contributed by atoms with Gasteiger partial charge in [0, 0.05) is 41.8 Å². The van der Waals surface area contributed by atoms with Gasteiger partial charge in [0.2, 0.25) is 0 Å². The SMILES string of the molecule is CC(c1ccc(Cl)cc1Cl)N1CCNC(C(C)(C)C)C1. The van der Waals surface area contributed by atoms with Gasteiger partial charge in [-0.15, -0.1) is 0 Å². The molecule has 0 radical (unpaired) electrons. The number of rotatable bonds is 2. The lowest BCUT2D eigenvalue weighted by Gasteiger charge is -2.43. The number of hydrogen-bond donors (Lipinski definition) is 1. The van der Waals surface area contributed by atoms with Gasteiger partial charge in [-0.05, 0) is 30.0 Å². The van der Waals surface area contributed by atoms with Crippen molar-refractivity contribution in [1.29, 1.82) is 0 Å². The van der Waals surface area contributed by atoms with Crippen molar-refractivity contribution < 1.29 is 0 Å². The molecule has 112 valence electrons. The number of piperazine rings is 1. The minimum absolute atomic E-state index is 0.266. The van der Waals surface area contributed by atoms with E-state index in [4.69, 9.17) is 23.2 Å². The van der Waals surface area contributed by atoms with E-state index in [2.05, 4.69) is 37.9 Å². The zero-order valence-electron chi connectivity index (χ0n) is 12.7. The third-order valence-corrected chi connectivity index (χ3v) is 4.77. The fraction of sp³-hybridized carbons (Fsp3) is 0.625. The molecule has 1 heterocycles. The second-order valence-corrected chi connectivity index (χ2v) is 7.55. The average Bonchev–Trinajstić information content (AvgIpc) is 2.37. The Balaban J connectivity index is 2.14. The molecule has 0 spiro atoms. The Bertz CT molecular complexity index is 468. The molecule has 0 saturated carbocycles. The maximum absolute atomic E-state index is 6.34. The van der Waals surface area contributed by atoms with Gasteiger partial charge in [0.25, 0.3) is 0 Å². The van der Waals surface area contributed by atoms with Crippen LogP contribution in [0.5, 0.6) is 0 Å². The summed E-state index contributed by atoms with van der Waals surface area (Å²) in [6.45, 7) is 12.2. The van der Waals surface area contributed by atoms with E-state index < -0.39 is 0 Å². The fourth-order valence-electron chi connectivity index (χ4n) is 2.74. The van der Waals surface area contributed by atoms with Crippen LogP contribution >= 0.6 is 23.2 Å². The van der Waals surface area contributed by atoms with Crippen LogP contribution in [0, 0.1) is 5.41 Å². The molecule has 0 amide bonds. The van der Waals surface area contributed by atoms with Gasteiger partial charge in [-0.3, -0.25) is 4.90 Å². The number of halogens is 2. The minimum atomic E-state index is 0.266. The Morgan fingerprint density at radius 2 is 2.00 bits per heavy atom. The molecule has 2 unspecified atom stereocenters. The Labute approximate surface area is 132 Å². The highest BCUT2D eigenvalue weighted by atomic mass is 35.5. The Morgan fingerprint density at radius 3 is 2.60 bits per heavy atom. The van der Waals surface area contributed by atoms with E-state index in [1.165, 1.54) is 0 Å². The first kappa shape index (κ1) is 16.1. The maximum Gasteiger partial charge on any atom is 0.0468 e. The lowest BCUT2D eigenvalue weighted by atomic mass is 9.85. The van der Waals surface area contributed by atoms with Crippen molar-refractivity contribution >= 4 is 23.2 Å². The smallest absolute Gasteiger partial charge is 0.0468 e. The number of nitrogens with one attached hydrogen (secondary N) is 1. The van der Waals surface area contributed by atoms with Gasteiger partial charge in [0.05, 0.1) is 0 Å². The van der Waals surface area contributed by atoms with Crippen LogP contribution in [0.2, 0.25) is 10.0 Å². The second kappa shape index (κ2) is 6.23. The maximum atomic E-state index is 6.34. The summed E-state index contributed by atoms with van der Waals surface area (Å²) in [6, 6.07) is 6.61. The quantitative estimate of drug-likeness (QED) is 0.871. The average molecular weight is 315 g/mol. The summed E-state index contributed by atoms with van der Waals surface area (Å²) in [5.41, 5.74) is 1.42. The van der Waals surface area contributed by atoms with Gasteiger partial charge in [0.1, 0.15) is 0 Å². The first-order valence-corrected chi connectivity index (χ1v) is 7.97. The van der Waals surface area contributed by atoms with Crippen molar-refractivity contribution in [3.8, 4) is 0 Å². The highest BCUT2D eigenvalue weighted by Gasteiger charge is 2.31. The van der Waals surface area contributed by atoms with E-state index in [1.54, 1.807) is 0 Å². The summed E-state index contributed by atoms with van der Waals surface area (Å²) in [7, 11) is 0. The number of nitrogens with zero attached hydrogens (tertiary/aromatic N) is 1. The van der Waals surface area contributed by atoms with Gasteiger partial charge < -0.3 is 5.32 Å². The molecular weight excluding hydrogens is 291 g/mol. The van der Waals surface area contributed by atoms with E-state index in [0.717, 1.165) is 30.2 Å². The molecular formula is C16H24Cl2N2. The second-order valence-electron chi connectivity index (χ2n) is 6.71. The van der Waals surface area contributed by atoms with Crippen LogP contribution in [0.15, 0.2) is 18.2 Å².